The number of hydrogen-bond donors (Lipinski definition) is 1. The Morgan fingerprint density at radius 1 is 1.35 bits per heavy atom. The molecule has 0 bridgehead atoms. The largest absolute Gasteiger partial charge is 0.501 e. The first kappa shape index (κ1) is 17.0. The molecule has 0 aliphatic heterocycles. The molecule has 1 heterocycles. The van der Waals surface area contributed by atoms with E-state index in [0.717, 1.165) is 0 Å². The van der Waals surface area contributed by atoms with Crippen LogP contribution in [0, 0.1) is 0 Å². The molecule has 0 aliphatic carbocycles. The highest BCUT2D eigenvalue weighted by molar-refractivity contribution is 7.58. The first-order valence-corrected chi connectivity index (χ1v) is 8.06. The van der Waals surface area contributed by atoms with Gasteiger partial charge in [0.05, 0.1) is 32.3 Å². The van der Waals surface area contributed by atoms with Crippen molar-refractivity contribution < 1.29 is 27.9 Å². The fourth-order valence-corrected chi connectivity index (χ4v) is 3.25. The van der Waals surface area contributed by atoms with Crippen LogP contribution in [0.3, 0.4) is 0 Å². The Labute approximate surface area is 118 Å². The highest BCUT2D eigenvalue weighted by Crippen LogP contribution is 2.60. The van der Waals surface area contributed by atoms with Gasteiger partial charge in [-0.3, -0.25) is 4.57 Å². The quantitative estimate of drug-likeness (QED) is 0.556. The smallest absolute Gasteiger partial charge is 0.363 e. The highest BCUT2D eigenvalue weighted by atomic mass is 31.2. The number of ether oxygens (including phenoxy) is 1. The van der Waals surface area contributed by atoms with Crippen LogP contribution < -0.4 is 0 Å². The van der Waals surface area contributed by atoms with E-state index in [0.29, 0.717) is 6.61 Å². The van der Waals surface area contributed by atoms with Gasteiger partial charge in [0.2, 0.25) is 0 Å². The molecule has 7 heteroatoms. The monoisotopic (exact) mass is 304 g/mol. The standard InChI is InChI=1S/C13H21O6P/c1-4-16-10-12(13(14)11-8-7-9-17-11)20(15,18-5-2)19-6-3/h7-10,13-14H,4-6H2,1-3H3/b12-10+. The van der Waals surface area contributed by atoms with Gasteiger partial charge in [-0.1, -0.05) is 0 Å². The molecular formula is C13H21O6P. The SMILES string of the molecule is CCO/C=C(\C(O)c1ccco1)P(=O)(OCC)OCC. The molecule has 0 aromatic carbocycles. The maximum atomic E-state index is 12.8. The number of rotatable bonds is 9. The van der Waals surface area contributed by atoms with E-state index in [1.165, 1.54) is 12.5 Å². The lowest BCUT2D eigenvalue weighted by atomic mass is 10.3. The summed E-state index contributed by atoms with van der Waals surface area (Å²) in [6, 6.07) is 3.20. The van der Waals surface area contributed by atoms with Gasteiger partial charge in [-0.15, -0.1) is 0 Å². The van der Waals surface area contributed by atoms with E-state index in [-0.39, 0.29) is 24.3 Å². The van der Waals surface area contributed by atoms with Crippen molar-refractivity contribution in [2.45, 2.75) is 26.9 Å². The van der Waals surface area contributed by atoms with Crippen LogP contribution in [-0.2, 0) is 18.3 Å². The number of furan rings is 1. The van der Waals surface area contributed by atoms with Gasteiger partial charge in [0, 0.05) is 0 Å². The summed E-state index contributed by atoms with van der Waals surface area (Å²) >= 11 is 0. The minimum atomic E-state index is -3.63. The van der Waals surface area contributed by atoms with Crippen molar-refractivity contribution in [1.82, 2.24) is 0 Å². The van der Waals surface area contributed by atoms with Crippen LogP contribution in [0.5, 0.6) is 0 Å². The second kappa shape index (κ2) is 8.27. The molecule has 20 heavy (non-hydrogen) atoms. The molecule has 0 spiro atoms. The minimum Gasteiger partial charge on any atom is -0.501 e. The van der Waals surface area contributed by atoms with E-state index in [1.54, 1.807) is 32.9 Å². The van der Waals surface area contributed by atoms with Gasteiger partial charge in [-0.2, -0.15) is 0 Å². The first-order chi connectivity index (χ1) is 9.59. The summed E-state index contributed by atoms with van der Waals surface area (Å²) in [5, 5.41) is 10.3. The summed E-state index contributed by atoms with van der Waals surface area (Å²) in [5.74, 6) is 0.246. The molecule has 114 valence electrons. The average molecular weight is 304 g/mol. The summed E-state index contributed by atoms with van der Waals surface area (Å²) < 4.78 is 33.5. The highest BCUT2D eigenvalue weighted by Gasteiger charge is 2.37. The predicted molar refractivity (Wildman–Crippen MR) is 74.2 cm³/mol. The molecule has 6 nitrogen and oxygen atoms in total. The zero-order valence-electron chi connectivity index (χ0n) is 11.9. The van der Waals surface area contributed by atoms with Gasteiger partial charge >= 0.3 is 7.60 Å². The number of hydrogen-bond acceptors (Lipinski definition) is 6. The predicted octanol–water partition coefficient (Wildman–Crippen LogP) is 3.46. The van der Waals surface area contributed by atoms with E-state index in [1.807, 2.05) is 0 Å². The second-order valence-electron chi connectivity index (χ2n) is 3.75. The second-order valence-corrected chi connectivity index (χ2v) is 5.78. The van der Waals surface area contributed by atoms with Crippen molar-refractivity contribution in [1.29, 1.82) is 0 Å². The van der Waals surface area contributed by atoms with E-state index < -0.39 is 13.7 Å². The maximum absolute atomic E-state index is 12.8. The van der Waals surface area contributed by atoms with E-state index in [9.17, 15) is 9.67 Å². The normalized spacial score (nSPS) is 14.3. The zero-order valence-corrected chi connectivity index (χ0v) is 12.8. The molecule has 1 unspecified atom stereocenters. The van der Waals surface area contributed by atoms with Crippen LogP contribution in [-0.4, -0.2) is 24.9 Å². The third-order valence-electron chi connectivity index (χ3n) is 2.38. The molecule has 0 saturated carbocycles. The summed E-state index contributed by atoms with van der Waals surface area (Å²) in [7, 11) is -3.63. The molecule has 1 rings (SSSR count). The Hall–Kier alpha value is -1.07. The van der Waals surface area contributed by atoms with Crippen molar-refractivity contribution in [3.8, 4) is 0 Å². The molecule has 0 aliphatic rings. The Balaban J connectivity index is 3.13. The molecule has 1 atom stereocenters. The van der Waals surface area contributed by atoms with Crippen LogP contribution in [0.4, 0.5) is 0 Å². The fraction of sp³-hybridized carbons (Fsp3) is 0.538. The van der Waals surface area contributed by atoms with E-state index in [2.05, 4.69) is 0 Å². The van der Waals surface area contributed by atoms with Crippen molar-refractivity contribution >= 4 is 7.60 Å². The summed E-state index contributed by atoms with van der Waals surface area (Å²) in [4.78, 5) is 0. The molecular weight excluding hydrogens is 283 g/mol. The van der Waals surface area contributed by atoms with Gasteiger partial charge in [-0.05, 0) is 32.9 Å². The average Bonchev–Trinajstić information content (AvgIpc) is 2.93. The Kier molecular flexibility index (Phi) is 7.02. The lowest BCUT2D eigenvalue weighted by Gasteiger charge is -2.22. The van der Waals surface area contributed by atoms with Crippen LogP contribution in [0.25, 0.3) is 0 Å². The van der Waals surface area contributed by atoms with Crippen LogP contribution >= 0.6 is 7.60 Å². The molecule has 0 saturated heterocycles. The number of aliphatic hydroxyl groups is 1. The molecule has 1 aromatic heterocycles. The molecule has 1 N–H and O–H groups in total. The third-order valence-corrected chi connectivity index (χ3v) is 4.56. The molecule has 0 fully saturated rings. The third kappa shape index (κ3) is 4.21. The lowest BCUT2D eigenvalue weighted by Crippen LogP contribution is -2.07. The molecule has 0 amide bonds. The topological polar surface area (TPSA) is 78.1 Å². The van der Waals surface area contributed by atoms with Crippen LogP contribution in [0.2, 0.25) is 0 Å². The molecule has 0 radical (unpaired) electrons. The van der Waals surface area contributed by atoms with Gasteiger partial charge < -0.3 is 23.3 Å². The van der Waals surface area contributed by atoms with E-state index in [4.69, 9.17) is 18.2 Å². The lowest BCUT2D eigenvalue weighted by molar-refractivity contribution is 0.165. The zero-order chi connectivity index (χ0) is 15.0. The van der Waals surface area contributed by atoms with Crippen molar-refractivity contribution in [3.05, 3.63) is 35.7 Å². The van der Waals surface area contributed by atoms with Crippen LogP contribution in [0.15, 0.2) is 34.4 Å². The summed E-state index contributed by atoms with van der Waals surface area (Å²) in [6.45, 7) is 5.91. The first-order valence-electron chi connectivity index (χ1n) is 6.51. The summed E-state index contributed by atoms with van der Waals surface area (Å²) in [6.07, 6.45) is 1.39. The van der Waals surface area contributed by atoms with Crippen LogP contribution in [0.1, 0.15) is 32.6 Å². The Bertz CT molecular complexity index is 443. The number of aliphatic hydroxyl groups excluding tert-OH is 1. The fourth-order valence-electron chi connectivity index (χ4n) is 1.57. The molecule has 1 aromatic rings. The minimum absolute atomic E-state index is 0.0259. The van der Waals surface area contributed by atoms with Gasteiger partial charge in [-0.25, -0.2) is 0 Å². The van der Waals surface area contributed by atoms with Gasteiger partial charge in [0.15, 0.2) is 0 Å². The van der Waals surface area contributed by atoms with Gasteiger partial charge in [0.25, 0.3) is 0 Å². The van der Waals surface area contributed by atoms with Crippen molar-refractivity contribution in [3.63, 3.8) is 0 Å². The Morgan fingerprint density at radius 2 is 2.00 bits per heavy atom. The summed E-state index contributed by atoms with van der Waals surface area (Å²) in [5.41, 5.74) is 0. The van der Waals surface area contributed by atoms with Crippen molar-refractivity contribution in [2.24, 2.45) is 0 Å². The maximum Gasteiger partial charge on any atom is 0.363 e. The van der Waals surface area contributed by atoms with E-state index >= 15 is 0 Å². The Morgan fingerprint density at radius 3 is 2.45 bits per heavy atom. The van der Waals surface area contributed by atoms with Gasteiger partial charge in [0.1, 0.15) is 17.2 Å². The van der Waals surface area contributed by atoms with Crippen molar-refractivity contribution in [2.75, 3.05) is 19.8 Å².